The van der Waals surface area contributed by atoms with E-state index in [2.05, 4.69) is 79.6 Å². The largest absolute Gasteiger partial charge is 0.491 e. The van der Waals surface area contributed by atoms with Crippen molar-refractivity contribution in [2.45, 2.75) is 59.8 Å². The van der Waals surface area contributed by atoms with E-state index < -0.39 is 4.92 Å². The van der Waals surface area contributed by atoms with Crippen LogP contribution < -0.4 is 14.8 Å². The first-order valence-corrected chi connectivity index (χ1v) is 22.3. The van der Waals surface area contributed by atoms with E-state index in [0.29, 0.717) is 54.1 Å². The molecule has 0 unspecified atom stereocenters. The molecule has 9 nitrogen and oxygen atoms in total. The standard InChI is InChI=1S/C27H28BrNO2.C18H18BrNO3.C7H7NO/c1-3-16-31-27-23(11-7-10-21-8-5-4-6-9-21)18-24(28)19-25(27)29-26(30)17-22-14-12-20(2)13-15-22;1-2-11-23-18-15(12-16(19)13-17(18)20(21)22)10-6-9-14-7-4-3-5-8-14;1-6-2-4-7(8-9)5-3-6/h4-10,12-15,18-19H,3,11,16-17H2,1-2H3,(H,29,30);3-9,12-13H,2,10-11H2,1H3;2-5H,1H3/b10-7+;9-6+;. The normalized spacial score (nSPS) is 10.6. The highest BCUT2D eigenvalue weighted by atomic mass is 79.9. The summed E-state index contributed by atoms with van der Waals surface area (Å²) in [6.45, 7) is 9.10. The van der Waals surface area contributed by atoms with Gasteiger partial charge < -0.3 is 14.8 Å². The van der Waals surface area contributed by atoms with Gasteiger partial charge in [-0.05, 0) is 91.7 Å². The van der Waals surface area contributed by atoms with Crippen LogP contribution in [-0.4, -0.2) is 24.0 Å². The first-order chi connectivity index (χ1) is 30.5. The van der Waals surface area contributed by atoms with E-state index in [1.807, 2.05) is 130 Å². The summed E-state index contributed by atoms with van der Waals surface area (Å²) in [6, 6.07) is 42.6. The number of halogens is 2. The van der Waals surface area contributed by atoms with Crippen LogP contribution in [0.1, 0.15) is 65.6 Å². The number of hydrogen-bond acceptors (Lipinski definition) is 7. The van der Waals surface area contributed by atoms with E-state index in [1.165, 1.54) is 11.6 Å². The summed E-state index contributed by atoms with van der Waals surface area (Å²) in [5.74, 6) is 1.03. The van der Waals surface area contributed by atoms with Crippen LogP contribution in [0.3, 0.4) is 0 Å². The molecular formula is C52H53Br2N3O6. The van der Waals surface area contributed by atoms with Crippen LogP contribution in [-0.2, 0) is 24.1 Å². The molecule has 0 aliphatic carbocycles. The second-order valence-electron chi connectivity index (χ2n) is 14.5. The van der Waals surface area contributed by atoms with Crippen molar-refractivity contribution >= 4 is 67.0 Å². The molecule has 0 aliphatic heterocycles. The molecule has 11 heteroatoms. The Morgan fingerprint density at radius 1 is 0.683 bits per heavy atom. The molecule has 326 valence electrons. The molecular weight excluding hydrogens is 922 g/mol. The summed E-state index contributed by atoms with van der Waals surface area (Å²) in [5, 5.41) is 17.1. The van der Waals surface area contributed by atoms with Crippen molar-refractivity contribution in [1.82, 2.24) is 0 Å². The minimum Gasteiger partial charge on any atom is -0.491 e. The number of nitroso groups, excluding NO2 is 1. The Bertz CT molecular complexity index is 2420. The first kappa shape index (κ1) is 49.5. The second-order valence-corrected chi connectivity index (χ2v) is 16.3. The lowest BCUT2D eigenvalue weighted by atomic mass is 10.1. The van der Waals surface area contributed by atoms with E-state index in [1.54, 1.807) is 12.1 Å². The predicted octanol–water partition coefficient (Wildman–Crippen LogP) is 14.8. The van der Waals surface area contributed by atoms with Gasteiger partial charge >= 0.3 is 5.69 Å². The number of carbonyl (C=O) groups excluding carboxylic acids is 1. The monoisotopic (exact) mass is 973 g/mol. The van der Waals surface area contributed by atoms with Crippen LogP contribution in [0, 0.1) is 28.9 Å². The van der Waals surface area contributed by atoms with Gasteiger partial charge in [0.15, 0.2) is 0 Å². The molecule has 1 amide bonds. The number of amides is 1. The van der Waals surface area contributed by atoms with Crippen LogP contribution in [0.25, 0.3) is 12.2 Å². The van der Waals surface area contributed by atoms with Gasteiger partial charge in [0.1, 0.15) is 11.4 Å². The number of hydrogen-bond donors (Lipinski definition) is 1. The van der Waals surface area contributed by atoms with Gasteiger partial charge in [-0.15, -0.1) is 4.91 Å². The quantitative estimate of drug-likeness (QED) is 0.0552. The smallest absolute Gasteiger partial charge is 0.312 e. The van der Waals surface area contributed by atoms with E-state index >= 15 is 0 Å². The summed E-state index contributed by atoms with van der Waals surface area (Å²) in [7, 11) is 0. The Morgan fingerprint density at radius 3 is 1.65 bits per heavy atom. The van der Waals surface area contributed by atoms with Crippen molar-refractivity contribution in [3.63, 3.8) is 0 Å². The molecule has 1 N–H and O–H groups in total. The van der Waals surface area contributed by atoms with Crippen LogP contribution in [0.2, 0.25) is 0 Å². The summed E-state index contributed by atoms with van der Waals surface area (Å²) >= 11 is 6.92. The Labute approximate surface area is 387 Å². The van der Waals surface area contributed by atoms with Gasteiger partial charge in [0.05, 0.1) is 30.2 Å². The molecule has 0 radical (unpaired) electrons. The van der Waals surface area contributed by atoms with Crippen molar-refractivity contribution in [2.75, 3.05) is 18.5 Å². The van der Waals surface area contributed by atoms with Gasteiger partial charge in [-0.1, -0.05) is 178 Å². The maximum absolute atomic E-state index is 12.7. The van der Waals surface area contributed by atoms with Gasteiger partial charge in [-0.2, -0.15) is 0 Å². The molecule has 6 aromatic rings. The summed E-state index contributed by atoms with van der Waals surface area (Å²) < 4.78 is 13.3. The van der Waals surface area contributed by atoms with Crippen molar-refractivity contribution in [3.05, 3.63) is 209 Å². The van der Waals surface area contributed by atoms with Gasteiger partial charge in [-0.3, -0.25) is 14.9 Å². The number of nitro benzene ring substituents is 1. The minimum atomic E-state index is -0.403. The maximum atomic E-state index is 12.7. The summed E-state index contributed by atoms with van der Waals surface area (Å²) in [5.41, 5.74) is 8.56. The zero-order valence-corrected chi connectivity index (χ0v) is 39.2. The van der Waals surface area contributed by atoms with Crippen molar-refractivity contribution in [2.24, 2.45) is 5.18 Å². The minimum absolute atomic E-state index is 0.00376. The molecule has 6 aromatic carbocycles. The molecule has 0 saturated heterocycles. The third-order valence-electron chi connectivity index (χ3n) is 9.13. The Hall–Kier alpha value is -6.17. The maximum Gasteiger partial charge on any atom is 0.312 e. The van der Waals surface area contributed by atoms with Crippen LogP contribution in [0.4, 0.5) is 17.1 Å². The summed E-state index contributed by atoms with van der Waals surface area (Å²) in [6.07, 6.45) is 11.5. The lowest BCUT2D eigenvalue weighted by Crippen LogP contribution is -2.16. The number of aryl methyl sites for hydroxylation is 2. The molecule has 0 heterocycles. The number of rotatable bonds is 17. The average molecular weight is 976 g/mol. The average Bonchev–Trinajstić information content (AvgIpc) is 3.28. The highest BCUT2D eigenvalue weighted by Crippen LogP contribution is 2.36. The SMILES string of the molecule is CCCOc1c(C/C=C/c2ccccc2)cc(Br)cc1NC(=O)Cc1ccc(C)cc1.CCCOc1c(C/C=C/c2ccccc2)cc(Br)cc1[N+](=O)[O-].Cc1ccc(N=O)cc1. The molecule has 63 heavy (non-hydrogen) atoms. The van der Waals surface area contributed by atoms with Crippen LogP contribution in [0.15, 0.2) is 160 Å². The molecule has 0 spiro atoms. The fourth-order valence-electron chi connectivity index (χ4n) is 6.03. The van der Waals surface area contributed by atoms with Gasteiger partial charge in [0.2, 0.25) is 11.7 Å². The number of anilines is 1. The van der Waals surface area contributed by atoms with Crippen LogP contribution >= 0.6 is 31.9 Å². The number of allylic oxidation sites excluding steroid dienone is 2. The fourth-order valence-corrected chi connectivity index (χ4v) is 7.02. The number of nitrogens with one attached hydrogen (secondary N) is 1. The Balaban J connectivity index is 0.000000237. The molecule has 0 fully saturated rings. The topological polar surface area (TPSA) is 120 Å². The number of benzene rings is 6. The van der Waals surface area contributed by atoms with Crippen molar-refractivity contribution in [3.8, 4) is 11.5 Å². The lowest BCUT2D eigenvalue weighted by Gasteiger charge is -2.17. The number of carbonyl (C=O) groups is 1. The highest BCUT2D eigenvalue weighted by Gasteiger charge is 2.20. The first-order valence-electron chi connectivity index (χ1n) is 20.7. The molecule has 0 bridgehead atoms. The third-order valence-corrected chi connectivity index (χ3v) is 10.0. The number of nitrogens with zero attached hydrogens (tertiary/aromatic N) is 2. The number of nitro groups is 1. The summed E-state index contributed by atoms with van der Waals surface area (Å²) in [4.78, 5) is 33.5. The van der Waals surface area contributed by atoms with Crippen LogP contribution in [0.5, 0.6) is 11.5 Å². The van der Waals surface area contributed by atoms with Gasteiger partial charge in [-0.25, -0.2) is 0 Å². The second kappa shape index (κ2) is 27.0. The van der Waals surface area contributed by atoms with Crippen molar-refractivity contribution in [1.29, 1.82) is 0 Å². The Morgan fingerprint density at radius 2 is 1.16 bits per heavy atom. The molecule has 0 aromatic heterocycles. The van der Waals surface area contributed by atoms with Gasteiger partial charge in [0.25, 0.3) is 0 Å². The van der Waals surface area contributed by atoms with E-state index in [0.717, 1.165) is 56.4 Å². The van der Waals surface area contributed by atoms with Crippen molar-refractivity contribution < 1.29 is 19.2 Å². The third kappa shape index (κ3) is 17.6. The fraction of sp³-hybridized carbons (Fsp3) is 0.212. The molecule has 0 atom stereocenters. The zero-order valence-electron chi connectivity index (χ0n) is 36.1. The molecule has 0 aliphatic rings. The highest BCUT2D eigenvalue weighted by molar-refractivity contribution is 9.10. The zero-order chi connectivity index (χ0) is 45.4. The Kier molecular flexibility index (Phi) is 21.2. The van der Waals surface area contributed by atoms with E-state index in [9.17, 15) is 19.8 Å². The lowest BCUT2D eigenvalue weighted by molar-refractivity contribution is -0.386. The molecule has 0 saturated carbocycles. The van der Waals surface area contributed by atoms with E-state index in [-0.39, 0.29) is 11.6 Å². The van der Waals surface area contributed by atoms with E-state index in [4.69, 9.17) is 9.47 Å². The van der Waals surface area contributed by atoms with Gasteiger partial charge in [0, 0.05) is 26.1 Å². The molecule has 6 rings (SSSR count). The number of ether oxygens (including phenoxy) is 2. The predicted molar refractivity (Wildman–Crippen MR) is 265 cm³/mol.